The van der Waals surface area contributed by atoms with Crippen LogP contribution < -0.4 is 5.32 Å². The van der Waals surface area contributed by atoms with Crippen molar-refractivity contribution in [3.63, 3.8) is 0 Å². The standard InChI is InChI=1S/C7H14NO8P/c1-5(9)8-6(7(10)12-2)17(11,15-13-3)16-14-4/h6H,1-4H3,(H,8,9). The van der Waals surface area contributed by atoms with Crippen molar-refractivity contribution in [2.45, 2.75) is 12.7 Å². The highest BCUT2D eigenvalue weighted by Crippen LogP contribution is 2.52. The molecule has 0 saturated heterocycles. The number of carbonyl (C=O) groups is 2. The van der Waals surface area contributed by atoms with Gasteiger partial charge in [-0.05, 0) is 0 Å². The number of ether oxygens (including phenoxy) is 1. The molecule has 10 heteroatoms. The molecule has 0 radical (unpaired) electrons. The summed E-state index contributed by atoms with van der Waals surface area (Å²) >= 11 is 0. The minimum absolute atomic E-state index is 0.639. The summed E-state index contributed by atoms with van der Waals surface area (Å²) in [6.07, 6.45) is 0. The minimum atomic E-state index is -4.21. The Labute approximate surface area is 97.7 Å². The van der Waals surface area contributed by atoms with Gasteiger partial charge in [-0.2, -0.15) is 0 Å². The van der Waals surface area contributed by atoms with Crippen molar-refractivity contribution in [2.75, 3.05) is 21.3 Å². The van der Waals surface area contributed by atoms with Crippen LogP contribution in [0.15, 0.2) is 0 Å². The van der Waals surface area contributed by atoms with Crippen molar-refractivity contribution in [1.82, 2.24) is 5.32 Å². The van der Waals surface area contributed by atoms with Gasteiger partial charge in [0, 0.05) is 6.92 Å². The van der Waals surface area contributed by atoms with E-state index in [-0.39, 0.29) is 0 Å². The molecule has 0 aliphatic carbocycles. The molecule has 0 aromatic carbocycles. The van der Waals surface area contributed by atoms with E-state index in [0.717, 1.165) is 28.3 Å². The molecule has 0 saturated carbocycles. The second-order valence-corrected chi connectivity index (χ2v) is 4.54. The number of esters is 1. The normalized spacial score (nSPS) is 12.9. The number of carbonyl (C=O) groups excluding carboxylic acids is 2. The molecule has 0 aromatic rings. The highest BCUT2D eigenvalue weighted by molar-refractivity contribution is 7.55. The highest BCUT2D eigenvalue weighted by Gasteiger charge is 2.45. The fourth-order valence-corrected chi connectivity index (χ4v) is 2.19. The van der Waals surface area contributed by atoms with E-state index in [1.165, 1.54) is 0 Å². The molecule has 0 aliphatic rings. The van der Waals surface area contributed by atoms with Crippen molar-refractivity contribution in [1.29, 1.82) is 0 Å². The number of nitrogens with one attached hydrogen (secondary N) is 1. The summed E-state index contributed by atoms with van der Waals surface area (Å²) in [5.74, 6) is -3.36. The Morgan fingerprint density at radius 3 is 1.88 bits per heavy atom. The van der Waals surface area contributed by atoms with E-state index in [4.69, 9.17) is 0 Å². The maximum absolute atomic E-state index is 12.0. The fourth-order valence-electron chi connectivity index (χ4n) is 0.878. The SMILES string of the molecule is COOP(=O)(OOC)C(NC(C)=O)C(=O)OC. The lowest BCUT2D eigenvalue weighted by Crippen LogP contribution is -2.41. The first-order valence-corrected chi connectivity index (χ1v) is 5.92. The van der Waals surface area contributed by atoms with Gasteiger partial charge >= 0.3 is 13.6 Å². The third-order valence-corrected chi connectivity index (χ3v) is 3.12. The van der Waals surface area contributed by atoms with Crippen molar-refractivity contribution in [3.05, 3.63) is 0 Å². The van der Waals surface area contributed by atoms with Gasteiger partial charge in [0.2, 0.25) is 11.7 Å². The Balaban J connectivity index is 5.12. The lowest BCUT2D eigenvalue weighted by atomic mass is 10.6. The van der Waals surface area contributed by atoms with Crippen LogP contribution in [0.4, 0.5) is 0 Å². The van der Waals surface area contributed by atoms with E-state index in [9.17, 15) is 14.2 Å². The lowest BCUT2D eigenvalue weighted by molar-refractivity contribution is -0.244. The quantitative estimate of drug-likeness (QED) is 0.297. The molecule has 0 rings (SSSR count). The highest BCUT2D eigenvalue weighted by atomic mass is 31.2. The van der Waals surface area contributed by atoms with Crippen LogP contribution in [-0.4, -0.2) is 39.0 Å². The maximum atomic E-state index is 12.0. The Bertz CT molecular complexity index is 309. The van der Waals surface area contributed by atoms with E-state index in [2.05, 4.69) is 29.2 Å². The zero-order chi connectivity index (χ0) is 13.5. The smallest absolute Gasteiger partial charge is 0.417 e. The van der Waals surface area contributed by atoms with Gasteiger partial charge < -0.3 is 10.1 Å². The summed E-state index contributed by atoms with van der Waals surface area (Å²) in [6.45, 7) is 1.11. The maximum Gasteiger partial charge on any atom is 0.417 e. The second kappa shape index (κ2) is 7.36. The summed E-state index contributed by atoms with van der Waals surface area (Å²) in [5.41, 5.74) is 0. The molecule has 0 bridgehead atoms. The molecule has 0 aromatic heterocycles. The van der Waals surface area contributed by atoms with Crippen molar-refractivity contribution in [2.24, 2.45) is 0 Å². The monoisotopic (exact) mass is 271 g/mol. The summed E-state index contributed by atoms with van der Waals surface area (Å²) in [6, 6.07) is 0. The molecular weight excluding hydrogens is 257 g/mol. The molecular formula is C7H14NO8P. The summed E-state index contributed by atoms with van der Waals surface area (Å²) in [4.78, 5) is 30.6. The molecule has 1 unspecified atom stereocenters. The fraction of sp³-hybridized carbons (Fsp3) is 0.714. The first-order chi connectivity index (χ1) is 7.91. The Morgan fingerprint density at radius 1 is 1.12 bits per heavy atom. The molecule has 0 fully saturated rings. The number of hydrogen-bond acceptors (Lipinski definition) is 8. The van der Waals surface area contributed by atoms with Gasteiger partial charge in [-0.15, -0.1) is 9.35 Å². The average molecular weight is 271 g/mol. The van der Waals surface area contributed by atoms with Crippen LogP contribution in [-0.2, 0) is 38.0 Å². The van der Waals surface area contributed by atoms with Crippen LogP contribution in [0.3, 0.4) is 0 Å². The predicted octanol–water partition coefficient (Wildman–Crippen LogP) is -0.0293. The van der Waals surface area contributed by atoms with E-state index in [1.807, 2.05) is 0 Å². The molecule has 0 spiro atoms. The average Bonchev–Trinajstić information content (AvgIpc) is 2.25. The van der Waals surface area contributed by atoms with Gasteiger partial charge in [-0.1, -0.05) is 0 Å². The van der Waals surface area contributed by atoms with E-state index in [0.29, 0.717) is 0 Å². The van der Waals surface area contributed by atoms with Crippen molar-refractivity contribution < 1.29 is 38.0 Å². The first-order valence-electron chi connectivity index (χ1n) is 4.30. The molecule has 0 heterocycles. The van der Waals surface area contributed by atoms with Gasteiger partial charge in [0.15, 0.2) is 0 Å². The molecule has 1 amide bonds. The van der Waals surface area contributed by atoms with Gasteiger partial charge in [0.05, 0.1) is 21.3 Å². The minimum Gasteiger partial charge on any atom is -0.467 e. The molecule has 100 valence electrons. The zero-order valence-corrected chi connectivity index (χ0v) is 10.7. The number of rotatable bonds is 7. The summed E-state index contributed by atoms with van der Waals surface area (Å²) in [5, 5.41) is 2.05. The van der Waals surface area contributed by atoms with Gasteiger partial charge in [0.1, 0.15) is 0 Å². The molecule has 17 heavy (non-hydrogen) atoms. The van der Waals surface area contributed by atoms with Crippen LogP contribution in [0.5, 0.6) is 0 Å². The number of amides is 1. The van der Waals surface area contributed by atoms with E-state index < -0.39 is 25.3 Å². The first kappa shape index (κ1) is 16.0. The number of methoxy groups -OCH3 is 1. The number of hydrogen-bond donors (Lipinski definition) is 1. The van der Waals surface area contributed by atoms with Crippen LogP contribution >= 0.6 is 7.60 Å². The molecule has 0 aliphatic heterocycles. The van der Waals surface area contributed by atoms with Crippen LogP contribution in [0, 0.1) is 0 Å². The predicted molar refractivity (Wildman–Crippen MR) is 53.4 cm³/mol. The molecule has 9 nitrogen and oxygen atoms in total. The van der Waals surface area contributed by atoms with Crippen LogP contribution in [0.2, 0.25) is 0 Å². The third-order valence-electron chi connectivity index (χ3n) is 1.44. The van der Waals surface area contributed by atoms with E-state index >= 15 is 0 Å². The molecule has 1 atom stereocenters. The summed E-state index contributed by atoms with van der Waals surface area (Å²) in [7, 11) is -1.07. The lowest BCUT2D eigenvalue weighted by Gasteiger charge is -2.21. The van der Waals surface area contributed by atoms with Gasteiger partial charge in [-0.25, -0.2) is 14.6 Å². The van der Waals surface area contributed by atoms with Gasteiger partial charge in [0.25, 0.3) is 0 Å². The topological polar surface area (TPSA) is 109 Å². The van der Waals surface area contributed by atoms with Crippen molar-refractivity contribution >= 4 is 19.5 Å². The van der Waals surface area contributed by atoms with Gasteiger partial charge in [-0.3, -0.25) is 9.36 Å². The van der Waals surface area contributed by atoms with Crippen LogP contribution in [0.1, 0.15) is 6.92 Å². The Morgan fingerprint density at radius 2 is 1.59 bits per heavy atom. The van der Waals surface area contributed by atoms with Crippen molar-refractivity contribution in [3.8, 4) is 0 Å². The Kier molecular flexibility index (Phi) is 6.93. The summed E-state index contributed by atoms with van der Waals surface area (Å²) < 4.78 is 25.1. The zero-order valence-electron chi connectivity index (χ0n) is 9.79. The van der Waals surface area contributed by atoms with Crippen LogP contribution in [0.25, 0.3) is 0 Å². The second-order valence-electron chi connectivity index (χ2n) is 2.65. The largest absolute Gasteiger partial charge is 0.467 e. The Hall–Kier alpha value is -0.990. The van der Waals surface area contributed by atoms with E-state index in [1.54, 1.807) is 0 Å². The third kappa shape index (κ3) is 4.80. The molecule has 1 N–H and O–H groups in total.